The molecule has 0 aliphatic rings. The average Bonchev–Trinajstić information content (AvgIpc) is 1.83. The Balaban J connectivity index is 4.82. The van der Waals surface area contributed by atoms with Crippen LogP contribution in [0.1, 0.15) is 0 Å². The van der Waals surface area contributed by atoms with E-state index in [0.717, 1.165) is 0 Å². The lowest BCUT2D eigenvalue weighted by Gasteiger charge is -2.02. The van der Waals surface area contributed by atoms with Gasteiger partial charge >= 0.3 is 16.5 Å². The van der Waals surface area contributed by atoms with E-state index < -0.39 is 22.5 Å². The molecule has 0 unspecified atom stereocenters. The molecular formula is C2H6N6O3S. The Morgan fingerprint density at radius 2 is 1.75 bits per heavy atom. The number of nitrogens with zero attached hydrogens (tertiary/aromatic N) is 3. The van der Waals surface area contributed by atoms with Crippen molar-refractivity contribution >= 4 is 22.5 Å². The first-order valence-electron chi connectivity index (χ1n) is 2.43. The average molecular weight is 194 g/mol. The zero-order valence-corrected chi connectivity index (χ0v) is 6.52. The van der Waals surface area contributed by atoms with Gasteiger partial charge in [-0.1, -0.05) is 5.12 Å². The van der Waals surface area contributed by atoms with Gasteiger partial charge in [0.05, 0.1) is 0 Å². The van der Waals surface area contributed by atoms with Crippen LogP contribution in [0.5, 0.6) is 0 Å². The largest absolute Gasteiger partial charge is 0.369 e. The van der Waals surface area contributed by atoms with E-state index >= 15 is 0 Å². The quantitative estimate of drug-likeness (QED) is 0.252. The fourth-order valence-electron chi connectivity index (χ4n) is 0.280. The van der Waals surface area contributed by atoms with E-state index in [0.29, 0.717) is 0 Å². The molecule has 0 spiro atoms. The molecule has 68 valence electrons. The van der Waals surface area contributed by atoms with Gasteiger partial charge in [0, 0.05) is 0 Å². The molecule has 0 saturated carbocycles. The number of urea groups is 1. The van der Waals surface area contributed by atoms with Gasteiger partial charge in [0.2, 0.25) is 5.96 Å². The fraction of sp³-hybridized carbons (Fsp3) is 0. The monoisotopic (exact) mass is 194 g/mol. The van der Waals surface area contributed by atoms with E-state index in [1.54, 1.807) is 0 Å². The number of rotatable bonds is 2. The Morgan fingerprint density at radius 1 is 1.25 bits per heavy atom. The topological polar surface area (TPSA) is 157 Å². The Bertz CT molecular complexity index is 317. The third-order valence-electron chi connectivity index (χ3n) is 0.551. The number of guanidine groups is 1. The van der Waals surface area contributed by atoms with Crippen LogP contribution in [0.2, 0.25) is 0 Å². The lowest BCUT2D eigenvalue weighted by Crippen LogP contribution is -2.32. The second-order valence-corrected chi connectivity index (χ2v) is 2.05. The maximum absolute atomic E-state index is 10.3. The summed E-state index contributed by atoms with van der Waals surface area (Å²) in [4.78, 5) is 10.3. The number of hydrogen-bond acceptors (Lipinski definition) is 5. The van der Waals surface area contributed by atoms with Gasteiger partial charge in [-0.3, -0.25) is 0 Å². The van der Waals surface area contributed by atoms with Crippen molar-refractivity contribution in [2.75, 3.05) is 0 Å². The SMILES string of the molecule is NC(=O)N(N=C(N)N)N=S(=O)=O. The van der Waals surface area contributed by atoms with Crippen LogP contribution in [0.15, 0.2) is 9.57 Å². The van der Waals surface area contributed by atoms with Crippen molar-refractivity contribution in [2.24, 2.45) is 26.8 Å². The van der Waals surface area contributed by atoms with E-state index in [2.05, 4.69) is 15.3 Å². The smallest absolute Gasteiger partial charge is 0.357 e. The highest BCUT2D eigenvalue weighted by molar-refractivity contribution is 7.61. The molecule has 0 atom stereocenters. The summed E-state index contributed by atoms with van der Waals surface area (Å²) < 4.78 is 22.5. The molecule has 0 aromatic rings. The van der Waals surface area contributed by atoms with Gasteiger partial charge in [0.25, 0.3) is 0 Å². The second kappa shape index (κ2) is 4.12. The van der Waals surface area contributed by atoms with Gasteiger partial charge in [-0.05, 0) is 4.47 Å². The van der Waals surface area contributed by atoms with Gasteiger partial charge in [-0.25, -0.2) is 4.79 Å². The van der Waals surface area contributed by atoms with E-state index in [9.17, 15) is 13.2 Å². The summed E-state index contributed by atoms with van der Waals surface area (Å²) in [6.07, 6.45) is 0. The van der Waals surface area contributed by atoms with Crippen LogP contribution in [-0.4, -0.2) is 25.5 Å². The summed E-state index contributed by atoms with van der Waals surface area (Å²) in [6, 6.07) is -1.22. The molecule has 0 saturated heterocycles. The number of amides is 2. The van der Waals surface area contributed by atoms with E-state index in [4.69, 9.17) is 11.5 Å². The highest BCUT2D eigenvalue weighted by Gasteiger charge is 2.06. The van der Waals surface area contributed by atoms with Crippen LogP contribution in [0.4, 0.5) is 4.79 Å². The molecule has 0 aliphatic heterocycles. The summed E-state index contributed by atoms with van der Waals surface area (Å²) in [6.45, 7) is 0. The molecule has 0 rings (SSSR count). The number of hydrogen-bond donors (Lipinski definition) is 3. The van der Waals surface area contributed by atoms with Crippen molar-refractivity contribution in [3.63, 3.8) is 0 Å². The molecule has 2 amide bonds. The summed E-state index contributed by atoms with van der Waals surface area (Å²) in [5.41, 5.74) is 14.3. The van der Waals surface area contributed by atoms with Crippen molar-refractivity contribution in [1.29, 1.82) is 0 Å². The third-order valence-corrected chi connectivity index (χ3v) is 0.839. The highest BCUT2D eigenvalue weighted by Crippen LogP contribution is 1.87. The number of primary amides is 1. The van der Waals surface area contributed by atoms with Crippen molar-refractivity contribution in [1.82, 2.24) is 5.12 Å². The fourth-order valence-corrected chi connectivity index (χ4v) is 0.524. The first-order chi connectivity index (χ1) is 5.43. The lowest BCUT2D eigenvalue weighted by molar-refractivity contribution is 0.213. The first kappa shape index (κ1) is 10.2. The predicted octanol–water partition coefficient (Wildman–Crippen LogP) is -2.47. The van der Waals surface area contributed by atoms with E-state index in [1.807, 2.05) is 0 Å². The molecule has 0 heterocycles. The number of hydrazone groups is 1. The Kier molecular flexibility index (Phi) is 3.49. The van der Waals surface area contributed by atoms with Crippen molar-refractivity contribution in [3.8, 4) is 0 Å². The first-order valence-corrected chi connectivity index (χ1v) is 3.47. The van der Waals surface area contributed by atoms with Gasteiger partial charge in [0.15, 0.2) is 0 Å². The molecule has 0 aliphatic carbocycles. The second-order valence-electron chi connectivity index (χ2n) is 1.45. The molecule has 6 N–H and O–H groups in total. The molecular weight excluding hydrogens is 188 g/mol. The number of carbonyl (C=O) groups excluding carboxylic acids is 1. The Morgan fingerprint density at radius 3 is 2.00 bits per heavy atom. The molecule has 0 bridgehead atoms. The summed E-state index contributed by atoms with van der Waals surface area (Å²) in [5, 5.41) is 3.04. The van der Waals surface area contributed by atoms with Gasteiger partial charge in [-0.2, -0.15) is 8.42 Å². The minimum atomic E-state index is -2.85. The molecule has 0 fully saturated rings. The molecule has 0 aromatic carbocycles. The van der Waals surface area contributed by atoms with E-state index in [1.165, 1.54) is 0 Å². The normalized spacial score (nSPS) is 8.33. The van der Waals surface area contributed by atoms with Crippen molar-refractivity contribution in [3.05, 3.63) is 0 Å². The number of nitrogens with two attached hydrogens (primary N) is 3. The molecule has 0 radical (unpaired) electrons. The van der Waals surface area contributed by atoms with E-state index in [-0.39, 0.29) is 5.12 Å². The van der Waals surface area contributed by atoms with Crippen LogP contribution in [0, 0.1) is 0 Å². The van der Waals surface area contributed by atoms with Crippen LogP contribution >= 0.6 is 0 Å². The molecule has 10 heteroatoms. The Labute approximate surface area is 68.5 Å². The zero-order chi connectivity index (χ0) is 9.72. The minimum absolute atomic E-state index is 0.0540. The van der Waals surface area contributed by atoms with Gasteiger partial charge in [-0.15, -0.1) is 5.10 Å². The Hall–Kier alpha value is -1.84. The maximum Gasteiger partial charge on any atom is 0.357 e. The summed E-state index contributed by atoms with van der Waals surface area (Å²) >= 11 is 0. The molecule has 12 heavy (non-hydrogen) atoms. The predicted molar refractivity (Wildman–Crippen MR) is 38.6 cm³/mol. The van der Waals surface area contributed by atoms with Gasteiger partial charge < -0.3 is 17.2 Å². The van der Waals surface area contributed by atoms with Crippen LogP contribution < -0.4 is 17.2 Å². The van der Waals surface area contributed by atoms with Crippen LogP contribution in [-0.2, 0) is 10.5 Å². The third kappa shape index (κ3) is 4.05. The van der Waals surface area contributed by atoms with Crippen molar-refractivity contribution < 1.29 is 13.2 Å². The zero-order valence-electron chi connectivity index (χ0n) is 5.71. The summed E-state index contributed by atoms with van der Waals surface area (Å²) in [5.74, 6) is -0.539. The lowest BCUT2D eigenvalue weighted by atomic mass is 11.0. The van der Waals surface area contributed by atoms with Crippen LogP contribution in [0.25, 0.3) is 0 Å². The highest BCUT2D eigenvalue weighted by atomic mass is 32.2. The summed E-state index contributed by atoms with van der Waals surface area (Å²) in [7, 11) is -2.85. The standard InChI is InChI=1S/C2H6N6O3S/c3-1(4)6-8(2(5)9)7-12(10)11/h(H2,5,9)(H4,3,4,6). The van der Waals surface area contributed by atoms with Gasteiger partial charge in [0.1, 0.15) is 0 Å². The van der Waals surface area contributed by atoms with Crippen molar-refractivity contribution in [2.45, 2.75) is 0 Å². The maximum atomic E-state index is 10.3. The molecule has 0 aromatic heterocycles. The minimum Gasteiger partial charge on any atom is -0.369 e. The number of carbonyl (C=O) groups is 1. The van der Waals surface area contributed by atoms with Crippen LogP contribution in [0.3, 0.4) is 0 Å². The molecule has 9 nitrogen and oxygen atoms in total.